The number of thiazole rings is 1. The van der Waals surface area contributed by atoms with E-state index in [4.69, 9.17) is 0 Å². The molecule has 2 bridgehead atoms. The topological polar surface area (TPSA) is 107 Å². The number of carbonyl (C=O) groups is 2. The standard InChI is InChI=1S/C26H29F6N5O3S/c1-23(2,40)12-34-20(38)21-35-18(22(39)37-13-4-5-14(37)7-6-13)19(41-21)15-11-33-17(10-16(15)25(27,28)29)36-24(8-3-9-24)26(30,31)32/h10-11,13-14,40H,3-9,12H2,1-2H3,(H,33,36)(H,34,38)/t13-,14+. The fraction of sp³-hybridized carbons (Fsp3) is 0.615. The molecule has 1 aliphatic carbocycles. The van der Waals surface area contributed by atoms with Gasteiger partial charge in [-0.2, -0.15) is 26.3 Å². The third kappa shape index (κ3) is 5.62. The summed E-state index contributed by atoms with van der Waals surface area (Å²) in [6.07, 6.45) is -6.25. The van der Waals surface area contributed by atoms with E-state index in [1.165, 1.54) is 13.8 Å². The lowest BCUT2D eigenvalue weighted by molar-refractivity contribution is -0.198. The Kier molecular flexibility index (Phi) is 7.28. The molecule has 1 saturated carbocycles. The van der Waals surface area contributed by atoms with Gasteiger partial charge in [0.2, 0.25) is 0 Å². The molecule has 3 N–H and O–H groups in total. The number of nitrogens with zero attached hydrogens (tertiary/aromatic N) is 3. The van der Waals surface area contributed by atoms with E-state index < -0.39 is 52.3 Å². The number of rotatable bonds is 7. The normalized spacial score (nSPS) is 22.0. The second-order valence-electron chi connectivity index (χ2n) is 11.5. The van der Waals surface area contributed by atoms with Crippen LogP contribution in [-0.2, 0) is 6.18 Å². The zero-order chi connectivity index (χ0) is 30.0. The number of anilines is 1. The molecule has 0 unspecified atom stereocenters. The number of amides is 2. The summed E-state index contributed by atoms with van der Waals surface area (Å²) in [6, 6.07) is 0.340. The van der Waals surface area contributed by atoms with Crippen molar-refractivity contribution in [2.75, 3.05) is 11.9 Å². The molecule has 2 aromatic rings. The summed E-state index contributed by atoms with van der Waals surface area (Å²) in [5.41, 5.74) is -5.87. The van der Waals surface area contributed by atoms with Gasteiger partial charge in [-0.15, -0.1) is 11.3 Å². The summed E-state index contributed by atoms with van der Waals surface area (Å²) in [6.45, 7) is 2.71. The maximum Gasteiger partial charge on any atom is 0.417 e. The highest BCUT2D eigenvalue weighted by atomic mass is 32.1. The van der Waals surface area contributed by atoms with E-state index in [0.717, 1.165) is 31.9 Å². The third-order valence-electron chi connectivity index (χ3n) is 7.96. The lowest BCUT2D eigenvalue weighted by Crippen LogP contribution is -2.57. The molecule has 5 rings (SSSR count). The number of halogens is 6. The quantitative estimate of drug-likeness (QED) is 0.366. The first kappa shape index (κ1) is 29.5. The molecule has 0 spiro atoms. The molecular formula is C26H29F6N5O3S. The number of aromatic nitrogens is 2. The Morgan fingerprint density at radius 3 is 2.20 bits per heavy atom. The number of hydrogen-bond acceptors (Lipinski definition) is 7. The van der Waals surface area contributed by atoms with E-state index in [1.54, 1.807) is 4.90 Å². The van der Waals surface area contributed by atoms with Crippen LogP contribution in [0, 0.1) is 0 Å². The molecule has 0 atom stereocenters. The Balaban J connectivity index is 1.57. The molecule has 224 valence electrons. The predicted octanol–water partition coefficient (Wildman–Crippen LogP) is 5.39. The summed E-state index contributed by atoms with van der Waals surface area (Å²) < 4.78 is 84.1. The Morgan fingerprint density at radius 1 is 1.10 bits per heavy atom. The summed E-state index contributed by atoms with van der Waals surface area (Å²) in [7, 11) is 0. The van der Waals surface area contributed by atoms with E-state index in [-0.39, 0.29) is 53.5 Å². The molecule has 8 nitrogen and oxygen atoms in total. The van der Waals surface area contributed by atoms with Crippen LogP contribution in [0.5, 0.6) is 0 Å². The van der Waals surface area contributed by atoms with Crippen molar-refractivity contribution in [3.63, 3.8) is 0 Å². The molecule has 2 amide bonds. The first-order chi connectivity index (χ1) is 19.0. The predicted molar refractivity (Wildman–Crippen MR) is 137 cm³/mol. The Hall–Kier alpha value is -2.94. The minimum atomic E-state index is -5.03. The first-order valence-electron chi connectivity index (χ1n) is 13.3. The van der Waals surface area contributed by atoms with Crippen LogP contribution in [-0.4, -0.2) is 67.7 Å². The molecule has 2 aliphatic heterocycles. The van der Waals surface area contributed by atoms with E-state index in [9.17, 15) is 41.0 Å². The van der Waals surface area contributed by atoms with Crippen molar-refractivity contribution in [2.45, 2.75) is 94.4 Å². The molecule has 0 aromatic carbocycles. The molecule has 3 aliphatic rings. The molecular weight excluding hydrogens is 576 g/mol. The number of alkyl halides is 6. The van der Waals surface area contributed by atoms with Crippen molar-refractivity contribution in [3.05, 3.63) is 28.5 Å². The zero-order valence-corrected chi connectivity index (χ0v) is 23.1. The summed E-state index contributed by atoms with van der Waals surface area (Å²) in [5, 5.41) is 14.3. The average Bonchev–Trinajstić information content (AvgIpc) is 3.57. The smallest absolute Gasteiger partial charge is 0.389 e. The van der Waals surface area contributed by atoms with Crippen molar-refractivity contribution in [2.24, 2.45) is 0 Å². The maximum atomic E-state index is 14.4. The van der Waals surface area contributed by atoms with Crippen LogP contribution in [0.25, 0.3) is 10.4 Å². The summed E-state index contributed by atoms with van der Waals surface area (Å²) in [4.78, 5) is 35.9. The van der Waals surface area contributed by atoms with Crippen LogP contribution in [0.3, 0.4) is 0 Å². The minimum Gasteiger partial charge on any atom is -0.389 e. The van der Waals surface area contributed by atoms with Gasteiger partial charge >= 0.3 is 12.4 Å². The van der Waals surface area contributed by atoms with Gasteiger partial charge in [0, 0.05) is 30.4 Å². The molecule has 4 heterocycles. The van der Waals surface area contributed by atoms with Crippen LogP contribution < -0.4 is 10.6 Å². The molecule has 15 heteroatoms. The number of hydrogen-bond donors (Lipinski definition) is 3. The Bertz CT molecular complexity index is 1330. The van der Waals surface area contributed by atoms with Gasteiger partial charge in [0.1, 0.15) is 17.1 Å². The van der Waals surface area contributed by atoms with Crippen LogP contribution in [0.4, 0.5) is 32.2 Å². The van der Waals surface area contributed by atoms with Gasteiger partial charge in [0.05, 0.1) is 16.0 Å². The fourth-order valence-electron chi connectivity index (χ4n) is 5.68. The second-order valence-corrected chi connectivity index (χ2v) is 12.5. The van der Waals surface area contributed by atoms with Crippen LogP contribution in [0.1, 0.15) is 84.6 Å². The highest BCUT2D eigenvalue weighted by molar-refractivity contribution is 7.17. The zero-order valence-electron chi connectivity index (χ0n) is 22.2. The van der Waals surface area contributed by atoms with Crippen molar-refractivity contribution in [1.29, 1.82) is 0 Å². The van der Waals surface area contributed by atoms with Crippen LogP contribution in [0.15, 0.2) is 12.3 Å². The van der Waals surface area contributed by atoms with Crippen molar-refractivity contribution >= 4 is 29.0 Å². The monoisotopic (exact) mass is 605 g/mol. The number of fused-ring (bicyclic) bond motifs is 2. The Labute approximate surface area is 235 Å². The third-order valence-corrected chi connectivity index (χ3v) is 9.05. The second kappa shape index (κ2) is 10.1. The number of nitrogens with one attached hydrogen (secondary N) is 2. The van der Waals surface area contributed by atoms with Crippen molar-refractivity contribution in [3.8, 4) is 10.4 Å². The van der Waals surface area contributed by atoms with Gasteiger partial charge < -0.3 is 20.6 Å². The first-order valence-corrected chi connectivity index (χ1v) is 14.1. The van der Waals surface area contributed by atoms with Gasteiger partial charge in [-0.25, -0.2) is 9.97 Å². The molecule has 2 aromatic heterocycles. The van der Waals surface area contributed by atoms with Gasteiger partial charge in [-0.05, 0) is 64.9 Å². The largest absolute Gasteiger partial charge is 0.417 e. The van der Waals surface area contributed by atoms with E-state index in [1.807, 2.05) is 0 Å². The van der Waals surface area contributed by atoms with Gasteiger partial charge in [-0.1, -0.05) is 0 Å². The number of aliphatic hydroxyl groups is 1. The average molecular weight is 606 g/mol. The maximum absolute atomic E-state index is 14.4. The lowest BCUT2D eigenvalue weighted by atomic mass is 9.76. The fourth-order valence-corrected chi connectivity index (χ4v) is 6.68. The van der Waals surface area contributed by atoms with Gasteiger partial charge in [0.15, 0.2) is 5.01 Å². The molecule has 41 heavy (non-hydrogen) atoms. The lowest BCUT2D eigenvalue weighted by Gasteiger charge is -2.44. The minimum absolute atomic E-state index is 0.0812. The highest BCUT2D eigenvalue weighted by Gasteiger charge is 2.58. The van der Waals surface area contributed by atoms with Crippen molar-refractivity contribution in [1.82, 2.24) is 20.2 Å². The van der Waals surface area contributed by atoms with Crippen LogP contribution in [0.2, 0.25) is 0 Å². The van der Waals surface area contributed by atoms with E-state index in [0.29, 0.717) is 17.4 Å². The molecule has 3 fully saturated rings. The summed E-state index contributed by atoms with van der Waals surface area (Å²) in [5.74, 6) is -2.00. The SMILES string of the molecule is CC(C)(O)CNC(=O)c1nc(C(=O)N2[C@H]3CC[C@@H]2CC3)c(-c2cnc(NC3(C(F)(F)F)CCC3)cc2C(F)(F)F)s1. The number of carbonyl (C=O) groups excluding carboxylic acids is 2. The molecule has 2 saturated heterocycles. The van der Waals surface area contributed by atoms with E-state index >= 15 is 0 Å². The Morgan fingerprint density at radius 2 is 1.71 bits per heavy atom. The van der Waals surface area contributed by atoms with Gasteiger partial charge in [-0.3, -0.25) is 9.59 Å². The molecule has 0 radical (unpaired) electrons. The van der Waals surface area contributed by atoms with Crippen LogP contribution >= 0.6 is 11.3 Å². The summed E-state index contributed by atoms with van der Waals surface area (Å²) >= 11 is 0.558. The van der Waals surface area contributed by atoms with E-state index in [2.05, 4.69) is 20.6 Å². The highest BCUT2D eigenvalue weighted by Crippen LogP contribution is 2.48. The van der Waals surface area contributed by atoms with Crippen molar-refractivity contribution < 1.29 is 41.0 Å². The number of pyridine rings is 1. The van der Waals surface area contributed by atoms with Gasteiger partial charge in [0.25, 0.3) is 11.8 Å².